The molecule has 7 heteroatoms. The Labute approximate surface area is 153 Å². The molecule has 0 spiro atoms. The summed E-state index contributed by atoms with van der Waals surface area (Å²) in [5, 5.41) is 0.656. The molecule has 1 heterocycles. The van der Waals surface area contributed by atoms with Gasteiger partial charge in [0.15, 0.2) is 0 Å². The molecule has 2 aromatic carbocycles. The van der Waals surface area contributed by atoms with Crippen LogP contribution in [0.3, 0.4) is 0 Å². The van der Waals surface area contributed by atoms with E-state index < -0.39 is 5.91 Å². The molecular formula is C19H16FN3O2S. The zero-order valence-corrected chi connectivity index (χ0v) is 15.0. The highest BCUT2D eigenvalue weighted by molar-refractivity contribution is 7.17. The van der Waals surface area contributed by atoms with Crippen LogP contribution in [-0.2, 0) is 0 Å². The van der Waals surface area contributed by atoms with E-state index in [2.05, 4.69) is 4.98 Å². The van der Waals surface area contributed by atoms with Gasteiger partial charge >= 0.3 is 0 Å². The maximum atomic E-state index is 13.1. The number of nitrogens with two attached hydrogens (primary N) is 1. The molecule has 2 amide bonds. The van der Waals surface area contributed by atoms with Gasteiger partial charge in [-0.15, -0.1) is 11.3 Å². The Morgan fingerprint density at radius 1 is 1.08 bits per heavy atom. The molecule has 0 atom stereocenters. The van der Waals surface area contributed by atoms with Crippen LogP contribution >= 0.6 is 11.3 Å². The number of primary amides is 1. The predicted octanol–water partition coefficient (Wildman–Crippen LogP) is 3.63. The highest BCUT2D eigenvalue weighted by atomic mass is 32.1. The topological polar surface area (TPSA) is 76.3 Å². The summed E-state index contributed by atoms with van der Waals surface area (Å²) >= 11 is 1.26. The molecule has 26 heavy (non-hydrogen) atoms. The van der Waals surface area contributed by atoms with Crippen molar-refractivity contribution < 1.29 is 14.0 Å². The number of aromatic nitrogens is 1. The number of hydrogen-bond acceptors (Lipinski definition) is 4. The van der Waals surface area contributed by atoms with Crippen LogP contribution in [0.25, 0.3) is 10.6 Å². The standard InChI is InChI=1S/C19H16FN3O2S/c1-11-16(26-18(22-11)13-3-7-14(20)8-4-13)19(25)23(2)15-9-5-12(6-10-15)17(21)24/h3-10H,1-2H3,(H2,21,24). The van der Waals surface area contributed by atoms with Gasteiger partial charge in [-0.1, -0.05) is 0 Å². The second kappa shape index (κ2) is 7.05. The number of nitrogens with zero attached hydrogens (tertiary/aromatic N) is 2. The lowest BCUT2D eigenvalue weighted by atomic mass is 10.2. The number of thiazole rings is 1. The summed E-state index contributed by atoms with van der Waals surface area (Å²) in [7, 11) is 1.65. The van der Waals surface area contributed by atoms with Gasteiger partial charge in [-0.25, -0.2) is 9.37 Å². The van der Waals surface area contributed by atoms with Crippen molar-refractivity contribution in [3.05, 3.63) is 70.5 Å². The van der Waals surface area contributed by atoms with Crippen molar-refractivity contribution in [2.45, 2.75) is 6.92 Å². The monoisotopic (exact) mass is 369 g/mol. The lowest BCUT2D eigenvalue weighted by Crippen LogP contribution is -2.26. The highest BCUT2D eigenvalue weighted by Crippen LogP contribution is 2.29. The Kier molecular flexibility index (Phi) is 4.81. The van der Waals surface area contributed by atoms with E-state index in [1.165, 1.54) is 28.4 Å². The molecule has 1 aromatic heterocycles. The molecule has 5 nitrogen and oxygen atoms in total. The Morgan fingerprint density at radius 3 is 2.27 bits per heavy atom. The smallest absolute Gasteiger partial charge is 0.270 e. The van der Waals surface area contributed by atoms with Gasteiger partial charge in [0.2, 0.25) is 5.91 Å². The number of rotatable bonds is 4. The van der Waals surface area contributed by atoms with Gasteiger partial charge < -0.3 is 10.6 Å². The average molecular weight is 369 g/mol. The maximum Gasteiger partial charge on any atom is 0.270 e. The minimum Gasteiger partial charge on any atom is -0.366 e. The fourth-order valence-corrected chi connectivity index (χ4v) is 3.48. The Bertz CT molecular complexity index is 965. The fourth-order valence-electron chi connectivity index (χ4n) is 2.43. The SMILES string of the molecule is Cc1nc(-c2ccc(F)cc2)sc1C(=O)N(C)c1ccc(C(N)=O)cc1. The van der Waals surface area contributed by atoms with Crippen LogP contribution < -0.4 is 10.6 Å². The van der Waals surface area contributed by atoms with Crippen molar-refractivity contribution in [1.29, 1.82) is 0 Å². The number of carbonyl (C=O) groups excluding carboxylic acids is 2. The van der Waals surface area contributed by atoms with Crippen LogP contribution in [0.15, 0.2) is 48.5 Å². The van der Waals surface area contributed by atoms with Crippen molar-refractivity contribution in [3.8, 4) is 10.6 Å². The minimum absolute atomic E-state index is 0.208. The molecular weight excluding hydrogens is 353 g/mol. The van der Waals surface area contributed by atoms with Crippen LogP contribution in [0, 0.1) is 12.7 Å². The Balaban J connectivity index is 1.87. The van der Waals surface area contributed by atoms with Gasteiger partial charge in [0, 0.05) is 23.9 Å². The Morgan fingerprint density at radius 2 is 1.69 bits per heavy atom. The summed E-state index contributed by atoms with van der Waals surface area (Å²) in [6.07, 6.45) is 0. The van der Waals surface area contributed by atoms with E-state index >= 15 is 0 Å². The number of hydrogen-bond donors (Lipinski definition) is 1. The summed E-state index contributed by atoms with van der Waals surface area (Å²) in [5.41, 5.74) is 7.61. The maximum absolute atomic E-state index is 13.1. The number of aryl methyl sites for hydroxylation is 1. The Hall–Kier alpha value is -3.06. The summed E-state index contributed by atoms with van der Waals surface area (Å²) in [6.45, 7) is 1.76. The molecule has 0 aliphatic carbocycles. The molecule has 0 radical (unpaired) electrons. The van der Waals surface area contributed by atoms with Crippen molar-refractivity contribution >= 4 is 28.8 Å². The third kappa shape index (κ3) is 3.48. The molecule has 0 bridgehead atoms. The van der Waals surface area contributed by atoms with Gasteiger partial charge in [0.1, 0.15) is 15.7 Å². The van der Waals surface area contributed by atoms with Crippen LogP contribution in [0.4, 0.5) is 10.1 Å². The van der Waals surface area contributed by atoms with Crippen LogP contribution in [0.2, 0.25) is 0 Å². The summed E-state index contributed by atoms with van der Waals surface area (Å²) < 4.78 is 13.1. The molecule has 0 fully saturated rings. The molecule has 0 aliphatic rings. The van der Waals surface area contributed by atoms with Crippen molar-refractivity contribution in [2.24, 2.45) is 5.73 Å². The van der Waals surface area contributed by atoms with Crippen molar-refractivity contribution in [3.63, 3.8) is 0 Å². The molecule has 0 saturated carbocycles. The minimum atomic E-state index is -0.521. The van der Waals surface area contributed by atoms with Crippen molar-refractivity contribution in [2.75, 3.05) is 11.9 Å². The number of anilines is 1. The summed E-state index contributed by atoms with van der Waals surface area (Å²) in [4.78, 5) is 30.4. The lowest BCUT2D eigenvalue weighted by Gasteiger charge is -2.16. The molecule has 3 rings (SSSR count). The molecule has 0 unspecified atom stereocenters. The molecule has 0 saturated heterocycles. The van der Waals surface area contributed by atoms with E-state index in [4.69, 9.17) is 5.73 Å². The molecule has 0 aliphatic heterocycles. The zero-order valence-electron chi connectivity index (χ0n) is 14.2. The molecule has 3 aromatic rings. The normalized spacial score (nSPS) is 10.6. The molecule has 2 N–H and O–H groups in total. The van der Waals surface area contributed by atoms with E-state index in [-0.39, 0.29) is 11.7 Å². The van der Waals surface area contributed by atoms with E-state index in [1.54, 1.807) is 50.4 Å². The van der Waals surface area contributed by atoms with Crippen LogP contribution in [0.5, 0.6) is 0 Å². The number of halogens is 1. The van der Waals surface area contributed by atoms with E-state index in [9.17, 15) is 14.0 Å². The first kappa shape index (κ1) is 17.8. The van der Waals surface area contributed by atoms with Crippen LogP contribution in [-0.4, -0.2) is 23.8 Å². The second-order valence-corrected chi connectivity index (χ2v) is 6.71. The largest absolute Gasteiger partial charge is 0.366 e. The van der Waals surface area contributed by atoms with Gasteiger partial charge in [-0.3, -0.25) is 9.59 Å². The van der Waals surface area contributed by atoms with Gasteiger partial charge in [-0.2, -0.15) is 0 Å². The first-order valence-corrected chi connectivity index (χ1v) is 8.60. The van der Waals surface area contributed by atoms with Gasteiger partial charge in [0.05, 0.1) is 5.69 Å². The lowest BCUT2D eigenvalue weighted by molar-refractivity contribution is 0.0991. The zero-order chi connectivity index (χ0) is 18.8. The fraction of sp³-hybridized carbons (Fsp3) is 0.105. The third-order valence-electron chi connectivity index (χ3n) is 3.93. The highest BCUT2D eigenvalue weighted by Gasteiger charge is 2.21. The van der Waals surface area contributed by atoms with Gasteiger partial charge in [-0.05, 0) is 55.5 Å². The average Bonchev–Trinajstić information content (AvgIpc) is 3.03. The van der Waals surface area contributed by atoms with E-state index in [0.717, 1.165) is 5.56 Å². The first-order chi connectivity index (χ1) is 12.4. The number of benzene rings is 2. The quantitative estimate of drug-likeness (QED) is 0.763. The molecule has 132 valence electrons. The third-order valence-corrected chi connectivity index (χ3v) is 5.12. The number of carbonyl (C=O) groups is 2. The van der Waals surface area contributed by atoms with Gasteiger partial charge in [0.25, 0.3) is 5.91 Å². The second-order valence-electron chi connectivity index (χ2n) is 5.72. The van der Waals surface area contributed by atoms with Crippen molar-refractivity contribution in [1.82, 2.24) is 4.98 Å². The summed E-state index contributed by atoms with van der Waals surface area (Å²) in [5.74, 6) is -1.05. The first-order valence-electron chi connectivity index (χ1n) is 7.78. The number of amides is 2. The summed E-state index contributed by atoms with van der Waals surface area (Å²) in [6, 6.07) is 12.5. The van der Waals surface area contributed by atoms with Crippen LogP contribution in [0.1, 0.15) is 25.7 Å². The predicted molar refractivity (Wildman–Crippen MR) is 99.9 cm³/mol. The van der Waals surface area contributed by atoms with E-state index in [0.29, 0.717) is 26.8 Å². The van der Waals surface area contributed by atoms with E-state index in [1.807, 2.05) is 0 Å².